The largest absolute Gasteiger partial charge is 0.469 e. The van der Waals surface area contributed by atoms with Gasteiger partial charge in [0.2, 0.25) is 0 Å². The molecule has 0 unspecified atom stereocenters. The normalized spacial score (nSPS) is 37.4. The van der Waals surface area contributed by atoms with Gasteiger partial charge in [-0.3, -0.25) is 4.79 Å². The zero-order valence-corrected chi connectivity index (χ0v) is 22.7. The van der Waals surface area contributed by atoms with E-state index in [1.165, 1.54) is 13.0 Å². The van der Waals surface area contributed by atoms with E-state index in [9.17, 15) is 29.7 Å². The van der Waals surface area contributed by atoms with Crippen LogP contribution in [0.2, 0.25) is 0 Å². The van der Waals surface area contributed by atoms with Gasteiger partial charge in [0.15, 0.2) is 5.60 Å². The van der Waals surface area contributed by atoms with Crippen LogP contribution in [0.25, 0.3) is 0 Å². The van der Waals surface area contributed by atoms with E-state index in [-0.39, 0.29) is 12.5 Å². The highest BCUT2D eigenvalue weighted by Gasteiger charge is 2.68. The minimum atomic E-state index is -2.18. The predicted octanol–water partition coefficient (Wildman–Crippen LogP) is 2.38. The highest BCUT2D eigenvalue weighted by molar-refractivity contribution is 5.86. The molecular weight excluding hydrogens is 480 g/mol. The molecule has 1 heterocycles. The maximum atomic E-state index is 13.4. The third kappa shape index (κ3) is 4.66. The van der Waals surface area contributed by atoms with Crippen molar-refractivity contribution in [2.45, 2.75) is 84.2 Å². The molecule has 0 aromatic rings. The molecular formula is C28H40O9. The molecule has 9 heteroatoms. The van der Waals surface area contributed by atoms with Crippen LogP contribution in [0.1, 0.15) is 60.8 Å². The number of cyclic esters (lactones) is 1. The molecule has 0 aromatic heterocycles. The van der Waals surface area contributed by atoms with E-state index >= 15 is 0 Å². The molecule has 0 aromatic carbocycles. The van der Waals surface area contributed by atoms with E-state index in [1.54, 1.807) is 19.9 Å². The molecule has 1 aliphatic heterocycles. The zero-order chi connectivity index (χ0) is 28.0. The molecule has 1 fully saturated rings. The second kappa shape index (κ2) is 10.0. The Morgan fingerprint density at radius 2 is 1.95 bits per heavy atom. The Kier molecular flexibility index (Phi) is 7.86. The van der Waals surface area contributed by atoms with Gasteiger partial charge in [-0.25, -0.2) is 9.59 Å². The van der Waals surface area contributed by atoms with E-state index in [1.807, 2.05) is 32.9 Å². The fourth-order valence-electron chi connectivity index (χ4n) is 6.16. The Morgan fingerprint density at radius 3 is 2.49 bits per heavy atom. The van der Waals surface area contributed by atoms with Crippen molar-refractivity contribution in [3.63, 3.8) is 0 Å². The lowest BCUT2D eigenvalue weighted by molar-refractivity contribution is -0.264. The van der Waals surface area contributed by atoms with Gasteiger partial charge in [-0.1, -0.05) is 51.5 Å². The Hall–Kier alpha value is -2.49. The molecule has 2 aliphatic carbocycles. The third-order valence-corrected chi connectivity index (χ3v) is 9.26. The average molecular weight is 521 g/mol. The fraction of sp³-hybridized carbons (Fsp3) is 0.679. The zero-order valence-electron chi connectivity index (χ0n) is 22.7. The average Bonchev–Trinajstić information content (AvgIpc) is 3.25. The number of esters is 3. The molecule has 3 aliphatic rings. The smallest absolute Gasteiger partial charge is 0.339 e. The fourth-order valence-corrected chi connectivity index (χ4v) is 6.16. The first-order valence-electron chi connectivity index (χ1n) is 12.7. The summed E-state index contributed by atoms with van der Waals surface area (Å²) in [5, 5.41) is 34.6. The number of carbonyl (C=O) groups is 3. The topological polar surface area (TPSA) is 140 Å². The molecule has 1 saturated carbocycles. The van der Waals surface area contributed by atoms with Crippen molar-refractivity contribution in [2.75, 3.05) is 13.7 Å². The van der Waals surface area contributed by atoms with Crippen molar-refractivity contribution in [2.24, 2.45) is 22.7 Å². The van der Waals surface area contributed by atoms with E-state index < -0.39 is 64.5 Å². The van der Waals surface area contributed by atoms with Crippen LogP contribution in [-0.4, -0.2) is 70.4 Å². The summed E-state index contributed by atoms with van der Waals surface area (Å²) < 4.78 is 15.5. The molecule has 37 heavy (non-hydrogen) atoms. The van der Waals surface area contributed by atoms with Crippen LogP contribution in [0, 0.1) is 22.7 Å². The van der Waals surface area contributed by atoms with Gasteiger partial charge in [0, 0.05) is 16.9 Å². The van der Waals surface area contributed by atoms with Crippen molar-refractivity contribution in [1.29, 1.82) is 0 Å². The summed E-state index contributed by atoms with van der Waals surface area (Å²) in [7, 11) is 1.16. The first-order valence-corrected chi connectivity index (χ1v) is 12.7. The summed E-state index contributed by atoms with van der Waals surface area (Å²) in [6.45, 7) is 10.4. The molecule has 7 atom stereocenters. The van der Waals surface area contributed by atoms with Gasteiger partial charge >= 0.3 is 17.9 Å². The number of aliphatic hydroxyl groups excluding tert-OH is 1. The highest BCUT2D eigenvalue weighted by atomic mass is 16.6. The van der Waals surface area contributed by atoms with Crippen LogP contribution in [0.5, 0.6) is 0 Å². The van der Waals surface area contributed by atoms with E-state index in [4.69, 9.17) is 9.47 Å². The lowest BCUT2D eigenvalue weighted by Crippen LogP contribution is -2.72. The van der Waals surface area contributed by atoms with Gasteiger partial charge in [-0.05, 0) is 44.1 Å². The molecule has 0 saturated heterocycles. The lowest BCUT2D eigenvalue weighted by Gasteiger charge is -2.64. The molecule has 3 N–H and O–H groups in total. The minimum absolute atomic E-state index is 0.130. The van der Waals surface area contributed by atoms with Crippen LogP contribution in [-0.2, 0) is 28.6 Å². The summed E-state index contributed by atoms with van der Waals surface area (Å²) in [6, 6.07) is 0. The molecule has 0 amide bonds. The summed E-state index contributed by atoms with van der Waals surface area (Å²) in [6.07, 6.45) is 4.97. The summed E-state index contributed by atoms with van der Waals surface area (Å²) in [4.78, 5) is 37.0. The lowest BCUT2D eigenvalue weighted by atomic mass is 9.44. The number of allylic oxidation sites excluding steroid dienone is 1. The Labute approximate surface area is 218 Å². The number of methoxy groups -OCH3 is 1. The quantitative estimate of drug-likeness (QED) is 0.262. The number of carbonyl (C=O) groups excluding carboxylic acids is 3. The maximum Gasteiger partial charge on any atom is 0.339 e. The van der Waals surface area contributed by atoms with Crippen LogP contribution >= 0.6 is 0 Å². The van der Waals surface area contributed by atoms with Gasteiger partial charge in [0.05, 0.1) is 13.5 Å². The number of ether oxygens (including phenoxy) is 3. The first kappa shape index (κ1) is 29.1. The van der Waals surface area contributed by atoms with Gasteiger partial charge in [-0.2, -0.15) is 0 Å². The van der Waals surface area contributed by atoms with Crippen molar-refractivity contribution in [3.8, 4) is 0 Å². The second-order valence-corrected chi connectivity index (χ2v) is 11.5. The Balaban J connectivity index is 2.07. The number of hydrogen-bond donors (Lipinski definition) is 3. The van der Waals surface area contributed by atoms with Crippen molar-refractivity contribution in [1.82, 2.24) is 0 Å². The number of aliphatic hydroxyl groups is 3. The second-order valence-electron chi connectivity index (χ2n) is 11.5. The summed E-state index contributed by atoms with van der Waals surface area (Å²) in [5.41, 5.74) is -4.31. The number of rotatable bonds is 7. The molecule has 0 radical (unpaired) electrons. The number of hydrogen-bond acceptors (Lipinski definition) is 9. The SMILES string of the molecule is COC(=O)C[C@@](O)(C(=O)O[C@H]1[C@H](O)[C@](C)(O)[C@](C)(C=CC2=CC(=O)OC2)[C@H]2CCC=C(C)[C@]12C)C(C)C. The monoisotopic (exact) mass is 520 g/mol. The van der Waals surface area contributed by atoms with E-state index in [0.717, 1.165) is 19.1 Å². The highest BCUT2D eigenvalue weighted by Crippen LogP contribution is 2.63. The van der Waals surface area contributed by atoms with Gasteiger partial charge in [0.25, 0.3) is 0 Å². The standard InChI is InChI=1S/C28H40O9/c1-16(2)28(34,14-21(30)35-7)24(32)37-23-22(31)27(6,33)25(4,12-11-18-13-20(29)36-15-18)19-10-8-9-17(3)26(19,23)5/h9,11-13,16,19,22-23,31,33-34H,8,10,14-15H2,1-7H3/t19-,22+,23+,25-,26+,27+,28+/m1/s1. The molecule has 206 valence electrons. The molecule has 3 rings (SSSR count). The van der Waals surface area contributed by atoms with Crippen LogP contribution in [0.3, 0.4) is 0 Å². The van der Waals surface area contributed by atoms with Crippen molar-refractivity contribution in [3.05, 3.63) is 35.5 Å². The number of fused-ring (bicyclic) bond motifs is 1. The first-order chi connectivity index (χ1) is 17.1. The maximum absolute atomic E-state index is 13.4. The molecule has 9 nitrogen and oxygen atoms in total. The van der Waals surface area contributed by atoms with Crippen LogP contribution in [0.4, 0.5) is 0 Å². The molecule has 0 spiro atoms. The summed E-state index contributed by atoms with van der Waals surface area (Å²) >= 11 is 0. The Morgan fingerprint density at radius 1 is 1.30 bits per heavy atom. The van der Waals surface area contributed by atoms with Crippen LogP contribution in [0.15, 0.2) is 35.5 Å². The Bertz CT molecular complexity index is 1040. The van der Waals surface area contributed by atoms with E-state index in [0.29, 0.717) is 12.0 Å². The van der Waals surface area contributed by atoms with Gasteiger partial charge in [-0.15, -0.1) is 0 Å². The predicted molar refractivity (Wildman–Crippen MR) is 134 cm³/mol. The minimum Gasteiger partial charge on any atom is -0.469 e. The van der Waals surface area contributed by atoms with Gasteiger partial charge in [0.1, 0.15) is 24.4 Å². The van der Waals surface area contributed by atoms with Crippen LogP contribution < -0.4 is 0 Å². The molecule has 0 bridgehead atoms. The summed E-state index contributed by atoms with van der Waals surface area (Å²) in [5.74, 6) is -3.24. The third-order valence-electron chi connectivity index (χ3n) is 9.26. The van der Waals surface area contributed by atoms with Gasteiger partial charge < -0.3 is 29.5 Å². The van der Waals surface area contributed by atoms with Crippen molar-refractivity contribution < 1.29 is 43.9 Å². The van der Waals surface area contributed by atoms with E-state index in [2.05, 4.69) is 4.74 Å². The van der Waals surface area contributed by atoms with Crippen molar-refractivity contribution >= 4 is 17.9 Å².